The molecule has 0 aromatic heterocycles. The monoisotopic (exact) mass is 1130 g/mol. The van der Waals surface area contributed by atoms with E-state index in [-0.39, 0.29) is 85.8 Å². The van der Waals surface area contributed by atoms with Crippen molar-refractivity contribution in [3.8, 4) is 0 Å². The van der Waals surface area contributed by atoms with Crippen LogP contribution in [0.3, 0.4) is 0 Å². The number of ketones is 2. The number of methoxy groups -OCH3 is 2. The summed E-state index contributed by atoms with van der Waals surface area (Å²) in [5.74, 6) is -7.21. The Hall–Kier alpha value is -2.93. The Labute approximate surface area is 468 Å². The lowest BCUT2D eigenvalue weighted by atomic mass is 9.70. The first-order chi connectivity index (χ1) is 36.8. The maximum absolute atomic E-state index is 14.9. The predicted molar refractivity (Wildman–Crippen MR) is 304 cm³/mol. The zero-order valence-corrected chi connectivity index (χ0v) is 50.5. The van der Waals surface area contributed by atoms with E-state index in [1.54, 1.807) is 28.1 Å². The second-order valence-electron chi connectivity index (χ2n) is 23.1. The van der Waals surface area contributed by atoms with Crippen molar-refractivity contribution in [2.75, 3.05) is 67.6 Å². The lowest BCUT2D eigenvalue weighted by Crippen LogP contribution is -2.69. The molecule has 2 bridgehead atoms. The zero-order valence-electron chi connectivity index (χ0n) is 49.6. The number of hydrogen-bond donors (Lipinski definition) is 6. The van der Waals surface area contributed by atoms with Crippen molar-refractivity contribution in [3.05, 3.63) is 47.6 Å². The predicted octanol–water partition coefficient (Wildman–Crippen LogP) is 8.86. The Balaban J connectivity index is 0.00000280. The summed E-state index contributed by atoms with van der Waals surface area (Å²) in [6.07, 6.45) is 20.1. The number of carbonyl (C=O) groups is 4. The van der Waals surface area contributed by atoms with Gasteiger partial charge in [-0.25, -0.2) is 4.79 Å². The molecule has 78 heavy (non-hydrogen) atoms. The summed E-state index contributed by atoms with van der Waals surface area (Å²) in [4.78, 5) is 65.5. The molecule has 18 heteroatoms. The second-order valence-corrected chi connectivity index (χ2v) is 25.7. The van der Waals surface area contributed by atoms with Crippen molar-refractivity contribution in [3.63, 3.8) is 0 Å². The Kier molecular flexibility index (Phi) is 32.7. The number of aliphatic hydroxyl groups excluding tert-OH is 1. The lowest BCUT2D eigenvalue weighted by Gasteiger charge is -2.49. The Morgan fingerprint density at radius 1 is 0.821 bits per heavy atom. The maximum atomic E-state index is 14.9. The minimum absolute atomic E-state index is 0.00264. The quantitative estimate of drug-likeness (QED) is 0.0462. The highest BCUT2D eigenvalue weighted by Gasteiger charge is 2.59. The van der Waals surface area contributed by atoms with E-state index in [1.165, 1.54) is 18.2 Å². The van der Waals surface area contributed by atoms with Crippen LogP contribution in [0.25, 0.3) is 0 Å². The second kappa shape index (κ2) is 35.8. The number of carboxylic acid groups (broad SMARTS) is 1. The van der Waals surface area contributed by atoms with Gasteiger partial charge in [0.15, 0.2) is 18.8 Å². The molecule has 3 heterocycles. The average molecular weight is 1130 g/mol. The van der Waals surface area contributed by atoms with Gasteiger partial charge in [-0.05, 0) is 107 Å². The van der Waals surface area contributed by atoms with E-state index in [2.05, 4.69) is 13.0 Å². The Bertz CT molecular complexity index is 1970. The fourth-order valence-electron chi connectivity index (χ4n) is 11.7. The SMILES string of the molecule is CCCC1(O)C(=O)N2CCCC([C@H](C[C@@H]3CCC[C@H](OC)C3)CCC(=O)[C@H](C)/C=C(\C)C[C@@H](OC)C(=O)[C@H](C)C[C@H](C)/C=C/C=C/C=C(\C)C(OCCOC3COC3)CCCC[C@@H](C)C1(O)O)[C@H]2C(=O)O.CO.CP(C)(=O)O. The molecule has 3 unspecified atom stereocenters. The van der Waals surface area contributed by atoms with Crippen LogP contribution in [0.4, 0.5) is 0 Å². The number of rotatable bonds is 12. The van der Waals surface area contributed by atoms with E-state index in [0.717, 1.165) is 43.9 Å². The number of piperidine rings is 1. The van der Waals surface area contributed by atoms with Gasteiger partial charge in [0.2, 0.25) is 5.79 Å². The molecule has 1 amide bonds. The molecule has 17 nitrogen and oxygen atoms in total. The van der Waals surface area contributed by atoms with Crippen LogP contribution in [0.2, 0.25) is 0 Å². The van der Waals surface area contributed by atoms with Crippen LogP contribution < -0.4 is 0 Å². The van der Waals surface area contributed by atoms with Crippen LogP contribution in [0.5, 0.6) is 0 Å². The van der Waals surface area contributed by atoms with Crippen LogP contribution in [0.15, 0.2) is 47.6 Å². The van der Waals surface area contributed by atoms with Crippen molar-refractivity contribution in [2.24, 2.45) is 41.4 Å². The molecular weight excluding hydrogens is 1020 g/mol. The minimum atomic E-state index is -2.88. The summed E-state index contributed by atoms with van der Waals surface area (Å²) in [7, 11) is 1.62. The standard InChI is InChI=1S/C57H93NO13.C2H7O2P.CH4O/c1-10-27-56(64)55(63)58-28-17-23-48(52(58)54(61)62)45(34-44-21-16-22-46(35-44)67-8)25-26-49(59)41(5)32-39(3)33-51(68-9)53(60)42(6)31-38(2)18-12-11-13-19-40(4)50(71-30-29-70-47-36-69-37-47)24-15-14-20-43(7)57(56,65)66;1-5(2,3)4;1-2/h11-13,18-19,32,38,41-48,50-52,64-66H,10,14-17,20-31,33-37H2,1-9H3,(H,61,62);1-2H3,(H,3,4);2H,1H3/b13-11+,18-12+,39-32+,40-19+;;/t38-,41-,42-,43-,44+,45+,46+,48?,50?,51-,52+,56?;;/m1../s1. The molecule has 4 aliphatic rings. The van der Waals surface area contributed by atoms with Crippen molar-refractivity contribution in [1.29, 1.82) is 0 Å². The van der Waals surface area contributed by atoms with Gasteiger partial charge in [0.25, 0.3) is 5.91 Å². The van der Waals surface area contributed by atoms with E-state index >= 15 is 0 Å². The van der Waals surface area contributed by atoms with Gasteiger partial charge in [0.1, 0.15) is 24.0 Å². The maximum Gasteiger partial charge on any atom is 0.326 e. The molecule has 0 radical (unpaired) electrons. The lowest BCUT2D eigenvalue weighted by molar-refractivity contribution is -0.296. The van der Waals surface area contributed by atoms with Crippen molar-refractivity contribution >= 4 is 30.8 Å². The van der Waals surface area contributed by atoms with E-state index in [0.29, 0.717) is 84.2 Å². The molecule has 3 fully saturated rings. The van der Waals surface area contributed by atoms with Crippen LogP contribution in [0.1, 0.15) is 158 Å². The van der Waals surface area contributed by atoms with Gasteiger partial charge < -0.3 is 59.0 Å². The van der Waals surface area contributed by atoms with Crippen LogP contribution in [0, 0.1) is 41.4 Å². The molecular formula is C60H104NO16P. The summed E-state index contributed by atoms with van der Waals surface area (Å²) < 4.78 is 38.7. The minimum Gasteiger partial charge on any atom is -0.480 e. The molecule has 2 saturated heterocycles. The summed E-state index contributed by atoms with van der Waals surface area (Å²) in [5, 5.41) is 54.5. The third kappa shape index (κ3) is 23.5. The van der Waals surface area contributed by atoms with E-state index < -0.39 is 60.5 Å². The van der Waals surface area contributed by atoms with Crippen molar-refractivity contribution in [1.82, 2.24) is 4.90 Å². The molecule has 0 aromatic rings. The molecule has 6 N–H and O–H groups in total. The van der Waals surface area contributed by atoms with Crippen molar-refractivity contribution < 1.29 is 77.9 Å². The third-order valence-corrected chi connectivity index (χ3v) is 16.1. The summed E-state index contributed by atoms with van der Waals surface area (Å²) in [5.41, 5.74) is -0.814. The number of aliphatic hydroxyl groups is 4. The molecule has 3 aliphatic heterocycles. The van der Waals surface area contributed by atoms with Crippen LogP contribution in [-0.2, 0) is 47.4 Å². The first-order valence-electron chi connectivity index (χ1n) is 28.8. The van der Waals surface area contributed by atoms with E-state index in [9.17, 15) is 44.2 Å². The molecule has 4 rings (SSSR count). The van der Waals surface area contributed by atoms with E-state index in [4.69, 9.17) is 33.7 Å². The van der Waals surface area contributed by atoms with Gasteiger partial charge in [-0.3, -0.25) is 18.9 Å². The average Bonchev–Trinajstić information content (AvgIpc) is 3.40. The third-order valence-electron chi connectivity index (χ3n) is 16.1. The number of amides is 1. The molecule has 1 saturated carbocycles. The summed E-state index contributed by atoms with van der Waals surface area (Å²) in [6, 6.07) is -1.35. The number of hydrogen-bond acceptors (Lipinski definition) is 14. The fourth-order valence-corrected chi connectivity index (χ4v) is 11.7. The number of fused-ring (bicyclic) bond motifs is 2. The van der Waals surface area contributed by atoms with Gasteiger partial charge in [-0.15, -0.1) is 0 Å². The van der Waals surface area contributed by atoms with Gasteiger partial charge in [0, 0.05) is 71.8 Å². The van der Waals surface area contributed by atoms with Gasteiger partial charge in [-0.1, -0.05) is 109 Å². The highest BCUT2D eigenvalue weighted by atomic mass is 31.2. The van der Waals surface area contributed by atoms with Gasteiger partial charge in [0.05, 0.1) is 38.6 Å². The number of carboxylic acids is 1. The largest absolute Gasteiger partial charge is 0.480 e. The number of carbonyl (C=O) groups excluding carboxylic acids is 3. The number of Topliss-reactive ketones (excluding diaryl/α,β-unsaturated/α-hetero) is 2. The smallest absolute Gasteiger partial charge is 0.326 e. The highest BCUT2D eigenvalue weighted by molar-refractivity contribution is 7.56. The molecule has 450 valence electrons. The van der Waals surface area contributed by atoms with Gasteiger partial charge in [-0.2, -0.15) is 0 Å². The number of aliphatic carboxylic acids is 1. The summed E-state index contributed by atoms with van der Waals surface area (Å²) in [6.45, 7) is 17.7. The zero-order chi connectivity index (χ0) is 58.8. The topological polar surface area (TPSA) is 256 Å². The highest BCUT2D eigenvalue weighted by Crippen LogP contribution is 2.43. The summed E-state index contributed by atoms with van der Waals surface area (Å²) >= 11 is 0. The first kappa shape index (κ1) is 71.2. The molecule has 12 atom stereocenters. The van der Waals surface area contributed by atoms with Crippen LogP contribution in [-0.4, -0.2) is 168 Å². The number of allylic oxidation sites excluding steroid dienone is 6. The Morgan fingerprint density at radius 2 is 1.47 bits per heavy atom. The molecule has 1 aliphatic carbocycles. The fraction of sp³-hybridized carbons (Fsp3) is 0.800. The normalized spacial score (nSPS) is 34.3. The van der Waals surface area contributed by atoms with Gasteiger partial charge >= 0.3 is 5.97 Å². The van der Waals surface area contributed by atoms with Crippen molar-refractivity contribution in [2.45, 2.75) is 199 Å². The molecule has 0 spiro atoms. The van der Waals surface area contributed by atoms with Crippen LogP contribution >= 0.6 is 7.37 Å². The first-order valence-corrected chi connectivity index (χ1v) is 31.4. The van der Waals surface area contributed by atoms with E-state index in [1.807, 2.05) is 58.1 Å². The number of nitrogens with zero attached hydrogens (tertiary/aromatic N) is 1. The number of ether oxygens (including phenoxy) is 5. The Morgan fingerprint density at radius 3 is 2.08 bits per heavy atom. The molecule has 0 aromatic carbocycles.